The number of rotatable bonds is 8. The Bertz CT molecular complexity index is 849. The van der Waals surface area contributed by atoms with Gasteiger partial charge in [-0.15, -0.1) is 0 Å². The predicted octanol–water partition coefficient (Wildman–Crippen LogP) is 4.71. The zero-order chi connectivity index (χ0) is 17.6. The van der Waals surface area contributed by atoms with E-state index in [-0.39, 0.29) is 5.78 Å². The number of hydrogen-bond acceptors (Lipinski definition) is 3. The van der Waals surface area contributed by atoms with Crippen LogP contribution >= 0.6 is 0 Å². The van der Waals surface area contributed by atoms with Crippen LogP contribution in [-0.4, -0.2) is 24.1 Å². The smallest absolute Gasteiger partial charge is 0.165 e. The minimum atomic E-state index is 0.202. The van der Waals surface area contributed by atoms with Crippen molar-refractivity contribution in [2.75, 3.05) is 13.7 Å². The summed E-state index contributed by atoms with van der Waals surface area (Å²) in [4.78, 5) is 12.4. The van der Waals surface area contributed by atoms with Gasteiger partial charge in [0.2, 0.25) is 0 Å². The van der Waals surface area contributed by atoms with Crippen LogP contribution in [0.15, 0.2) is 54.7 Å². The van der Waals surface area contributed by atoms with Crippen molar-refractivity contribution in [3.63, 3.8) is 0 Å². The molecule has 4 nitrogen and oxygen atoms in total. The highest BCUT2D eigenvalue weighted by Gasteiger charge is 2.14. The first-order valence-corrected chi connectivity index (χ1v) is 8.61. The number of hydrogen-bond donors (Lipinski definition) is 0. The molecule has 130 valence electrons. The molecule has 0 fully saturated rings. The molecule has 0 saturated heterocycles. The number of carbonyl (C=O) groups excluding carboxylic acids is 1. The molecule has 0 unspecified atom stereocenters. The molecule has 0 radical (unpaired) electrons. The molecule has 0 spiro atoms. The first-order valence-electron chi connectivity index (χ1n) is 8.61. The summed E-state index contributed by atoms with van der Waals surface area (Å²) in [6, 6.07) is 15.6. The Morgan fingerprint density at radius 3 is 2.48 bits per heavy atom. The molecule has 0 amide bonds. The third-order valence-electron chi connectivity index (χ3n) is 4.23. The van der Waals surface area contributed by atoms with E-state index in [1.54, 1.807) is 7.11 Å². The van der Waals surface area contributed by atoms with Crippen LogP contribution in [0.3, 0.4) is 0 Å². The van der Waals surface area contributed by atoms with Crippen LogP contribution in [0.25, 0.3) is 10.9 Å². The number of benzene rings is 2. The van der Waals surface area contributed by atoms with E-state index in [2.05, 4.69) is 4.57 Å². The van der Waals surface area contributed by atoms with Crippen LogP contribution in [-0.2, 0) is 6.54 Å². The number of fused-ring (bicyclic) bond motifs is 1. The van der Waals surface area contributed by atoms with Crippen LogP contribution in [0.1, 0.15) is 30.1 Å². The summed E-state index contributed by atoms with van der Waals surface area (Å²) >= 11 is 0. The number of ketones is 1. The summed E-state index contributed by atoms with van der Waals surface area (Å²) in [6.07, 6.45) is 3.40. The van der Waals surface area contributed by atoms with Crippen LogP contribution in [0, 0.1) is 0 Å². The molecule has 0 bridgehead atoms. The van der Waals surface area contributed by atoms with Crippen LogP contribution in [0.5, 0.6) is 11.5 Å². The lowest BCUT2D eigenvalue weighted by Gasteiger charge is -2.09. The third kappa shape index (κ3) is 3.85. The summed E-state index contributed by atoms with van der Waals surface area (Å²) in [5.74, 6) is 1.82. The zero-order valence-electron chi connectivity index (χ0n) is 14.7. The molecule has 25 heavy (non-hydrogen) atoms. The third-order valence-corrected chi connectivity index (χ3v) is 4.23. The average Bonchev–Trinajstić information content (AvgIpc) is 3.02. The summed E-state index contributed by atoms with van der Waals surface area (Å²) in [5, 5.41) is 1.02. The van der Waals surface area contributed by atoms with Crippen molar-refractivity contribution in [1.29, 1.82) is 0 Å². The van der Waals surface area contributed by atoms with Gasteiger partial charge in [0.25, 0.3) is 0 Å². The van der Waals surface area contributed by atoms with Crippen molar-refractivity contribution in [3.05, 3.63) is 60.3 Å². The highest BCUT2D eigenvalue weighted by molar-refractivity contribution is 6.08. The maximum Gasteiger partial charge on any atom is 0.165 e. The molecule has 4 heteroatoms. The molecular weight excluding hydrogens is 314 g/mol. The fourth-order valence-electron chi connectivity index (χ4n) is 2.95. The van der Waals surface area contributed by atoms with Crippen molar-refractivity contribution in [2.24, 2.45) is 0 Å². The Morgan fingerprint density at radius 1 is 1.04 bits per heavy atom. The van der Waals surface area contributed by atoms with E-state index >= 15 is 0 Å². The van der Waals surface area contributed by atoms with Gasteiger partial charge in [-0.3, -0.25) is 4.79 Å². The van der Waals surface area contributed by atoms with E-state index in [4.69, 9.17) is 9.47 Å². The standard InChI is InChI=1S/C21H23NO3/c1-3-6-21(23)19-15-22(20-8-5-4-7-18(19)20)13-14-25-17-11-9-16(24-2)10-12-17/h4-5,7-12,15H,3,6,13-14H2,1-2H3. The highest BCUT2D eigenvalue weighted by Crippen LogP contribution is 2.23. The van der Waals surface area contributed by atoms with Crippen molar-refractivity contribution in [3.8, 4) is 11.5 Å². The van der Waals surface area contributed by atoms with Crippen molar-refractivity contribution in [1.82, 2.24) is 4.57 Å². The first-order chi connectivity index (χ1) is 12.2. The Morgan fingerprint density at radius 2 is 1.76 bits per heavy atom. The Hall–Kier alpha value is -2.75. The lowest BCUT2D eigenvalue weighted by Crippen LogP contribution is -2.07. The fraction of sp³-hybridized carbons (Fsp3) is 0.286. The summed E-state index contributed by atoms with van der Waals surface area (Å²) in [6.45, 7) is 3.25. The number of aromatic nitrogens is 1. The maximum atomic E-state index is 12.4. The molecule has 0 aliphatic rings. The second-order valence-electron chi connectivity index (χ2n) is 5.95. The van der Waals surface area contributed by atoms with Gasteiger partial charge in [0.1, 0.15) is 18.1 Å². The van der Waals surface area contributed by atoms with E-state index in [9.17, 15) is 4.79 Å². The maximum absolute atomic E-state index is 12.4. The normalized spacial score (nSPS) is 10.8. The molecule has 1 heterocycles. The summed E-state index contributed by atoms with van der Waals surface area (Å²) < 4.78 is 13.1. The van der Waals surface area contributed by atoms with Crippen molar-refractivity contribution < 1.29 is 14.3 Å². The van der Waals surface area contributed by atoms with Gasteiger partial charge >= 0.3 is 0 Å². The highest BCUT2D eigenvalue weighted by atomic mass is 16.5. The molecule has 0 saturated carbocycles. The minimum Gasteiger partial charge on any atom is -0.497 e. The van der Waals surface area contributed by atoms with Gasteiger partial charge in [0.05, 0.1) is 13.7 Å². The topological polar surface area (TPSA) is 40.5 Å². The van der Waals surface area contributed by atoms with Gasteiger partial charge in [-0.25, -0.2) is 0 Å². The molecule has 1 aromatic heterocycles. The second kappa shape index (κ2) is 7.88. The van der Waals surface area contributed by atoms with Crippen LogP contribution < -0.4 is 9.47 Å². The van der Waals surface area contributed by atoms with E-state index < -0.39 is 0 Å². The molecule has 0 aliphatic heterocycles. The van der Waals surface area contributed by atoms with Crippen molar-refractivity contribution >= 4 is 16.7 Å². The zero-order valence-corrected chi connectivity index (χ0v) is 14.7. The fourth-order valence-corrected chi connectivity index (χ4v) is 2.95. The van der Waals surface area contributed by atoms with Crippen molar-refractivity contribution in [2.45, 2.75) is 26.3 Å². The SMILES string of the molecule is CCCC(=O)c1cn(CCOc2ccc(OC)cc2)c2ccccc12. The monoisotopic (exact) mass is 337 g/mol. The quantitative estimate of drug-likeness (QED) is 0.559. The molecule has 0 N–H and O–H groups in total. The van der Waals surface area contributed by atoms with Crippen LogP contribution in [0.2, 0.25) is 0 Å². The lowest BCUT2D eigenvalue weighted by atomic mass is 10.1. The van der Waals surface area contributed by atoms with Gasteiger partial charge in [-0.2, -0.15) is 0 Å². The molecule has 2 aromatic carbocycles. The first kappa shape index (κ1) is 17.1. The van der Waals surface area contributed by atoms with Crippen LogP contribution in [0.4, 0.5) is 0 Å². The molecule has 3 aromatic rings. The largest absolute Gasteiger partial charge is 0.497 e. The summed E-state index contributed by atoms with van der Waals surface area (Å²) in [5.41, 5.74) is 1.88. The molecule has 0 aliphatic carbocycles. The van der Waals surface area contributed by atoms with Gasteiger partial charge in [-0.05, 0) is 36.8 Å². The number of ether oxygens (including phenoxy) is 2. The number of Topliss-reactive ketones (excluding diaryl/α,β-unsaturated/α-hetero) is 1. The molecular formula is C21H23NO3. The van der Waals surface area contributed by atoms with E-state index in [1.807, 2.05) is 61.7 Å². The lowest BCUT2D eigenvalue weighted by molar-refractivity contribution is 0.0983. The molecule has 0 atom stereocenters. The summed E-state index contributed by atoms with van der Waals surface area (Å²) in [7, 11) is 1.64. The second-order valence-corrected chi connectivity index (χ2v) is 5.95. The van der Waals surface area contributed by atoms with Gasteiger partial charge in [0, 0.05) is 29.1 Å². The Kier molecular flexibility index (Phi) is 5.39. The van der Waals surface area contributed by atoms with Gasteiger partial charge in [-0.1, -0.05) is 25.1 Å². The van der Waals surface area contributed by atoms with Gasteiger partial charge < -0.3 is 14.0 Å². The van der Waals surface area contributed by atoms with E-state index in [0.29, 0.717) is 19.6 Å². The average molecular weight is 337 g/mol. The number of methoxy groups -OCH3 is 1. The number of nitrogens with zero attached hydrogens (tertiary/aromatic N) is 1. The van der Waals surface area contributed by atoms with E-state index in [1.165, 1.54) is 0 Å². The predicted molar refractivity (Wildman–Crippen MR) is 99.7 cm³/mol. The molecule has 3 rings (SSSR count). The number of carbonyl (C=O) groups is 1. The van der Waals surface area contributed by atoms with E-state index in [0.717, 1.165) is 34.4 Å². The Balaban J connectivity index is 1.73. The Labute approximate surface area is 148 Å². The van der Waals surface area contributed by atoms with Gasteiger partial charge in [0.15, 0.2) is 5.78 Å². The number of para-hydroxylation sites is 1. The minimum absolute atomic E-state index is 0.202.